The number of hydrogen-bond acceptors (Lipinski definition) is 5. The molecule has 2 aromatic rings. The smallest absolute Gasteiger partial charge is 0.276 e. The first kappa shape index (κ1) is 17.9. The average Bonchev–Trinajstić information content (AvgIpc) is 3.05. The van der Waals surface area contributed by atoms with Crippen LogP contribution in [0.2, 0.25) is 5.02 Å². The van der Waals surface area contributed by atoms with Crippen LogP contribution in [0.5, 0.6) is 0 Å². The Balaban J connectivity index is 1.58. The molecule has 0 unspecified atom stereocenters. The third-order valence-corrected chi connectivity index (χ3v) is 4.61. The number of benzene rings is 1. The lowest BCUT2D eigenvalue weighted by molar-refractivity contribution is 0.0743. The first-order valence-corrected chi connectivity index (χ1v) is 8.75. The lowest BCUT2D eigenvalue weighted by atomic mass is 10.1. The molecule has 1 aromatic carbocycles. The van der Waals surface area contributed by atoms with Gasteiger partial charge in [0.1, 0.15) is 0 Å². The van der Waals surface area contributed by atoms with Crippen LogP contribution in [0.3, 0.4) is 0 Å². The largest absolute Gasteiger partial charge is 0.393 e. The SMILES string of the molecule is CN(Cc1cccc(Cl)c1)C(=O)c1cc(CN2CCC(O)CC2)on1. The normalized spacial score (nSPS) is 16.1. The van der Waals surface area contributed by atoms with Gasteiger partial charge in [0, 0.05) is 37.8 Å². The Morgan fingerprint density at radius 1 is 1.40 bits per heavy atom. The van der Waals surface area contributed by atoms with Crippen LogP contribution in [-0.2, 0) is 13.1 Å². The van der Waals surface area contributed by atoms with Crippen LogP contribution >= 0.6 is 11.6 Å². The second-order valence-corrected chi connectivity index (χ2v) is 6.91. The molecule has 0 aliphatic carbocycles. The Morgan fingerprint density at radius 3 is 2.88 bits per heavy atom. The molecule has 1 N–H and O–H groups in total. The summed E-state index contributed by atoms with van der Waals surface area (Å²) in [6, 6.07) is 9.12. The van der Waals surface area contributed by atoms with Crippen LogP contribution in [0.15, 0.2) is 34.9 Å². The molecule has 134 valence electrons. The lowest BCUT2D eigenvalue weighted by Crippen LogP contribution is -2.35. The molecule has 1 amide bonds. The quantitative estimate of drug-likeness (QED) is 0.884. The van der Waals surface area contributed by atoms with Gasteiger partial charge in [0.2, 0.25) is 0 Å². The molecule has 1 aliphatic rings. The predicted octanol–water partition coefficient (Wildman–Crippen LogP) is 2.56. The average molecular weight is 364 g/mol. The summed E-state index contributed by atoms with van der Waals surface area (Å²) in [5.74, 6) is 0.472. The molecule has 1 saturated heterocycles. The number of rotatable bonds is 5. The summed E-state index contributed by atoms with van der Waals surface area (Å²) in [5, 5.41) is 14.1. The molecule has 0 radical (unpaired) electrons. The van der Waals surface area contributed by atoms with Gasteiger partial charge in [0.05, 0.1) is 12.6 Å². The summed E-state index contributed by atoms with van der Waals surface area (Å²) in [6.45, 7) is 2.69. The Hall–Kier alpha value is -1.89. The van der Waals surface area contributed by atoms with Crippen LogP contribution in [0.4, 0.5) is 0 Å². The molecule has 6 nitrogen and oxygen atoms in total. The molecule has 1 aliphatic heterocycles. The second-order valence-electron chi connectivity index (χ2n) is 6.48. The van der Waals surface area contributed by atoms with Crippen molar-refractivity contribution in [1.82, 2.24) is 15.0 Å². The van der Waals surface area contributed by atoms with E-state index < -0.39 is 0 Å². The van der Waals surface area contributed by atoms with Gasteiger partial charge in [-0.25, -0.2) is 0 Å². The van der Waals surface area contributed by atoms with Crippen LogP contribution in [0.1, 0.15) is 34.7 Å². The minimum absolute atomic E-state index is 0.191. The van der Waals surface area contributed by atoms with Crippen LogP contribution in [-0.4, -0.2) is 52.2 Å². The number of piperidine rings is 1. The van der Waals surface area contributed by atoms with Crippen LogP contribution in [0, 0.1) is 0 Å². The van der Waals surface area contributed by atoms with E-state index in [2.05, 4.69) is 10.1 Å². The Labute approximate surface area is 152 Å². The summed E-state index contributed by atoms with van der Waals surface area (Å²) >= 11 is 5.98. The maximum atomic E-state index is 12.5. The number of nitrogens with zero attached hydrogens (tertiary/aromatic N) is 3. The fraction of sp³-hybridized carbons (Fsp3) is 0.444. The van der Waals surface area contributed by atoms with Gasteiger partial charge < -0.3 is 14.5 Å². The summed E-state index contributed by atoms with van der Waals surface area (Å²) in [4.78, 5) is 16.3. The molecule has 3 rings (SSSR count). The third kappa shape index (κ3) is 4.81. The van der Waals surface area contributed by atoms with E-state index in [-0.39, 0.29) is 12.0 Å². The van der Waals surface area contributed by atoms with E-state index in [9.17, 15) is 9.90 Å². The Kier molecular flexibility index (Phi) is 5.73. The van der Waals surface area contributed by atoms with E-state index in [1.165, 1.54) is 0 Å². The highest BCUT2D eigenvalue weighted by molar-refractivity contribution is 6.30. The van der Waals surface area contributed by atoms with Crippen molar-refractivity contribution in [3.8, 4) is 0 Å². The van der Waals surface area contributed by atoms with Crippen molar-refractivity contribution in [2.45, 2.75) is 32.0 Å². The molecule has 0 saturated carbocycles. The first-order valence-electron chi connectivity index (χ1n) is 8.37. The molecule has 0 bridgehead atoms. The predicted molar refractivity (Wildman–Crippen MR) is 94.3 cm³/mol. The van der Waals surface area contributed by atoms with E-state index >= 15 is 0 Å². The number of carbonyl (C=O) groups excluding carboxylic acids is 1. The molecule has 25 heavy (non-hydrogen) atoms. The minimum Gasteiger partial charge on any atom is -0.393 e. The molecule has 0 spiro atoms. The minimum atomic E-state index is -0.205. The number of amides is 1. The van der Waals surface area contributed by atoms with Gasteiger partial charge in [-0.3, -0.25) is 9.69 Å². The van der Waals surface area contributed by atoms with Gasteiger partial charge in [0.15, 0.2) is 11.5 Å². The van der Waals surface area contributed by atoms with Crippen molar-refractivity contribution in [2.24, 2.45) is 0 Å². The van der Waals surface area contributed by atoms with Gasteiger partial charge >= 0.3 is 0 Å². The highest BCUT2D eigenvalue weighted by atomic mass is 35.5. The number of halogens is 1. The highest BCUT2D eigenvalue weighted by Gasteiger charge is 2.21. The zero-order valence-electron chi connectivity index (χ0n) is 14.2. The van der Waals surface area contributed by atoms with E-state index in [4.69, 9.17) is 16.1 Å². The van der Waals surface area contributed by atoms with Crippen molar-refractivity contribution in [2.75, 3.05) is 20.1 Å². The summed E-state index contributed by atoms with van der Waals surface area (Å²) in [5.41, 5.74) is 1.26. The summed E-state index contributed by atoms with van der Waals surface area (Å²) in [7, 11) is 1.73. The fourth-order valence-electron chi connectivity index (χ4n) is 2.96. The van der Waals surface area contributed by atoms with E-state index in [1.54, 1.807) is 24.1 Å². The molecular formula is C18H22ClN3O3. The topological polar surface area (TPSA) is 69.8 Å². The number of carbonyl (C=O) groups is 1. The van der Waals surface area contributed by atoms with Crippen molar-refractivity contribution in [3.05, 3.63) is 52.4 Å². The zero-order chi connectivity index (χ0) is 17.8. The van der Waals surface area contributed by atoms with Crippen LogP contribution < -0.4 is 0 Å². The van der Waals surface area contributed by atoms with Gasteiger partial charge in [-0.05, 0) is 30.5 Å². The number of likely N-dealkylation sites (tertiary alicyclic amines) is 1. The summed E-state index contributed by atoms with van der Waals surface area (Å²) in [6.07, 6.45) is 1.33. The molecule has 7 heteroatoms. The van der Waals surface area contributed by atoms with Gasteiger partial charge in [-0.15, -0.1) is 0 Å². The third-order valence-electron chi connectivity index (χ3n) is 4.37. The van der Waals surface area contributed by atoms with E-state index in [0.29, 0.717) is 29.6 Å². The highest BCUT2D eigenvalue weighted by Crippen LogP contribution is 2.16. The maximum Gasteiger partial charge on any atom is 0.276 e. The Bertz CT molecular complexity index is 726. The lowest BCUT2D eigenvalue weighted by Gasteiger charge is -2.28. The van der Waals surface area contributed by atoms with Gasteiger partial charge in [-0.1, -0.05) is 28.9 Å². The van der Waals surface area contributed by atoms with E-state index in [0.717, 1.165) is 31.5 Å². The number of aromatic nitrogens is 1. The maximum absolute atomic E-state index is 12.5. The monoisotopic (exact) mass is 363 g/mol. The van der Waals surface area contributed by atoms with Crippen molar-refractivity contribution in [3.63, 3.8) is 0 Å². The number of hydrogen-bond donors (Lipinski definition) is 1. The number of aliphatic hydroxyl groups is 1. The molecule has 1 aromatic heterocycles. The van der Waals surface area contributed by atoms with Gasteiger partial charge in [-0.2, -0.15) is 0 Å². The molecule has 2 heterocycles. The first-order chi connectivity index (χ1) is 12.0. The Morgan fingerprint density at radius 2 is 2.16 bits per heavy atom. The van der Waals surface area contributed by atoms with Crippen LogP contribution in [0.25, 0.3) is 0 Å². The molecule has 1 fully saturated rings. The van der Waals surface area contributed by atoms with Crippen molar-refractivity contribution < 1.29 is 14.4 Å². The van der Waals surface area contributed by atoms with Crippen molar-refractivity contribution >= 4 is 17.5 Å². The second kappa shape index (κ2) is 7.99. The van der Waals surface area contributed by atoms with Gasteiger partial charge in [0.25, 0.3) is 5.91 Å². The molecule has 0 atom stereocenters. The van der Waals surface area contributed by atoms with E-state index in [1.807, 2.05) is 18.2 Å². The standard InChI is InChI=1S/C18H22ClN3O3/c1-21(11-13-3-2-4-14(19)9-13)18(24)17-10-16(25-20-17)12-22-7-5-15(23)6-8-22/h2-4,9-10,15,23H,5-8,11-12H2,1H3. The fourth-order valence-corrected chi connectivity index (χ4v) is 3.18. The summed E-state index contributed by atoms with van der Waals surface area (Å²) < 4.78 is 5.31. The van der Waals surface area contributed by atoms with Crippen molar-refractivity contribution in [1.29, 1.82) is 0 Å². The molecular weight excluding hydrogens is 342 g/mol. The zero-order valence-corrected chi connectivity index (χ0v) is 14.9. The number of aliphatic hydroxyl groups excluding tert-OH is 1.